The van der Waals surface area contributed by atoms with Gasteiger partial charge in [0.1, 0.15) is 0 Å². The van der Waals surface area contributed by atoms with Gasteiger partial charge in [-0.25, -0.2) is 0 Å². The molecule has 0 fully saturated rings. The highest BCUT2D eigenvalue weighted by atomic mass is 19.4. The Balaban J connectivity index is 2.97. The maximum atomic E-state index is 14.0. The van der Waals surface area contributed by atoms with Crippen molar-refractivity contribution < 1.29 is 26.3 Å². The van der Waals surface area contributed by atoms with Gasteiger partial charge in [-0.3, -0.25) is 0 Å². The first kappa shape index (κ1) is 19.3. The summed E-state index contributed by atoms with van der Waals surface area (Å²) in [6, 6.07) is 8.62. The fourth-order valence-corrected chi connectivity index (χ4v) is 2.94. The van der Waals surface area contributed by atoms with E-state index in [9.17, 15) is 26.3 Å². The monoisotopic (exact) mass is 362 g/mol. The van der Waals surface area contributed by atoms with E-state index in [0.29, 0.717) is 0 Å². The zero-order chi connectivity index (χ0) is 18.9. The molecular formula is C17H16F6N2. The van der Waals surface area contributed by atoms with E-state index in [2.05, 4.69) is 0 Å². The van der Waals surface area contributed by atoms with Crippen LogP contribution in [0.4, 0.5) is 26.3 Å². The maximum Gasteiger partial charge on any atom is 0.411 e. The Bertz CT molecular complexity index is 722. The first-order valence-corrected chi connectivity index (χ1v) is 7.31. The smallest absolute Gasteiger partial charge is 0.326 e. The van der Waals surface area contributed by atoms with Crippen LogP contribution in [0.2, 0.25) is 0 Å². The van der Waals surface area contributed by atoms with Crippen molar-refractivity contribution in [3.05, 3.63) is 70.8 Å². The molecule has 0 radical (unpaired) electrons. The molecule has 2 nitrogen and oxygen atoms in total. The van der Waals surface area contributed by atoms with Crippen molar-refractivity contribution >= 4 is 0 Å². The van der Waals surface area contributed by atoms with Gasteiger partial charge in [0.05, 0.1) is 0 Å². The molecule has 8 heteroatoms. The molecule has 0 heterocycles. The molecule has 2 rings (SSSR count). The molecule has 0 spiro atoms. The number of rotatable bonds is 4. The third-order valence-corrected chi connectivity index (χ3v) is 4.09. The molecule has 0 unspecified atom stereocenters. The van der Waals surface area contributed by atoms with Crippen LogP contribution < -0.4 is 11.5 Å². The van der Waals surface area contributed by atoms with E-state index in [1.54, 1.807) is 0 Å². The quantitative estimate of drug-likeness (QED) is 0.808. The molecule has 0 atom stereocenters. The Hall–Kier alpha value is -2.06. The van der Waals surface area contributed by atoms with Crippen molar-refractivity contribution in [2.45, 2.75) is 30.9 Å². The van der Waals surface area contributed by atoms with Crippen LogP contribution in [0, 0.1) is 0 Å². The lowest BCUT2D eigenvalue weighted by Crippen LogP contribution is -2.55. The molecule has 0 amide bonds. The van der Waals surface area contributed by atoms with Gasteiger partial charge in [0.2, 0.25) is 5.41 Å². The average molecular weight is 362 g/mol. The van der Waals surface area contributed by atoms with Crippen LogP contribution in [-0.4, -0.2) is 12.4 Å². The van der Waals surface area contributed by atoms with Crippen LogP contribution in [0.15, 0.2) is 48.5 Å². The zero-order valence-electron chi connectivity index (χ0n) is 13.0. The number of hydrogen-bond acceptors (Lipinski definition) is 2. The summed E-state index contributed by atoms with van der Waals surface area (Å²) < 4.78 is 84.0. The van der Waals surface area contributed by atoms with Crippen molar-refractivity contribution in [1.82, 2.24) is 0 Å². The van der Waals surface area contributed by atoms with Gasteiger partial charge in [0.15, 0.2) is 0 Å². The number of alkyl halides is 6. The molecule has 25 heavy (non-hydrogen) atoms. The minimum atomic E-state index is -5.64. The third-order valence-electron chi connectivity index (χ3n) is 4.09. The molecule has 0 aromatic heterocycles. The Labute approximate surface area is 140 Å². The molecule has 2 aromatic carbocycles. The predicted octanol–water partition coefficient (Wildman–Crippen LogP) is 4.01. The van der Waals surface area contributed by atoms with Crippen LogP contribution in [0.5, 0.6) is 0 Å². The Morgan fingerprint density at radius 2 is 1.32 bits per heavy atom. The minimum absolute atomic E-state index is 0.167. The van der Waals surface area contributed by atoms with Crippen LogP contribution in [-0.2, 0) is 18.5 Å². The Kier molecular flexibility index (Phi) is 5.15. The van der Waals surface area contributed by atoms with E-state index in [0.717, 1.165) is 36.4 Å². The van der Waals surface area contributed by atoms with E-state index >= 15 is 0 Å². The van der Waals surface area contributed by atoms with Gasteiger partial charge in [-0.05, 0) is 22.3 Å². The average Bonchev–Trinajstić information content (AvgIpc) is 2.53. The molecule has 0 aliphatic rings. The summed E-state index contributed by atoms with van der Waals surface area (Å²) in [5.74, 6) is 0. The van der Waals surface area contributed by atoms with Crippen molar-refractivity contribution in [2.24, 2.45) is 11.5 Å². The summed E-state index contributed by atoms with van der Waals surface area (Å²) >= 11 is 0. The van der Waals surface area contributed by atoms with Gasteiger partial charge in [0.25, 0.3) is 0 Å². The highest BCUT2D eigenvalue weighted by Crippen LogP contribution is 2.56. The van der Waals surface area contributed by atoms with E-state index in [-0.39, 0.29) is 17.7 Å². The second-order valence-corrected chi connectivity index (χ2v) is 5.51. The number of hydrogen-bond donors (Lipinski definition) is 2. The highest BCUT2D eigenvalue weighted by Gasteiger charge is 2.72. The number of halogens is 6. The largest absolute Gasteiger partial charge is 0.411 e. The van der Waals surface area contributed by atoms with Gasteiger partial charge in [-0.15, -0.1) is 0 Å². The molecule has 0 saturated carbocycles. The standard InChI is InChI=1S/C17H16F6N2/c18-16(19,20)15(17(21,22)23,13-6-3-4-11(8-13)9-24)14-7-2-1-5-12(14)10-25/h1-8H,9-10,24-25H2. The lowest BCUT2D eigenvalue weighted by Gasteiger charge is -2.39. The summed E-state index contributed by atoms with van der Waals surface area (Å²) in [7, 11) is 0. The second kappa shape index (κ2) is 6.68. The number of nitrogens with two attached hydrogens (primary N) is 2. The Morgan fingerprint density at radius 1 is 0.720 bits per heavy atom. The summed E-state index contributed by atoms with van der Waals surface area (Å²) in [4.78, 5) is 0. The fourth-order valence-electron chi connectivity index (χ4n) is 2.94. The van der Waals surface area contributed by atoms with Crippen LogP contribution in [0.25, 0.3) is 0 Å². The van der Waals surface area contributed by atoms with Crippen LogP contribution in [0.1, 0.15) is 22.3 Å². The van der Waals surface area contributed by atoms with E-state index in [1.165, 1.54) is 12.1 Å². The summed E-state index contributed by atoms with van der Waals surface area (Å²) in [6.45, 7) is -0.640. The summed E-state index contributed by atoms with van der Waals surface area (Å²) in [5.41, 5.74) is 4.69. The molecule has 0 saturated heterocycles. The van der Waals surface area contributed by atoms with E-state index in [1.807, 2.05) is 0 Å². The minimum Gasteiger partial charge on any atom is -0.326 e. The molecule has 4 N–H and O–H groups in total. The molecule has 2 aromatic rings. The molecule has 0 bridgehead atoms. The van der Waals surface area contributed by atoms with Gasteiger partial charge in [0, 0.05) is 13.1 Å². The molecule has 0 aliphatic carbocycles. The first-order chi connectivity index (χ1) is 11.6. The molecule has 136 valence electrons. The van der Waals surface area contributed by atoms with Crippen molar-refractivity contribution in [3.63, 3.8) is 0 Å². The normalized spacial score (nSPS) is 13.1. The van der Waals surface area contributed by atoms with Gasteiger partial charge in [-0.1, -0.05) is 48.5 Å². The fraction of sp³-hybridized carbons (Fsp3) is 0.294. The van der Waals surface area contributed by atoms with Gasteiger partial charge < -0.3 is 11.5 Å². The first-order valence-electron chi connectivity index (χ1n) is 7.31. The van der Waals surface area contributed by atoms with Crippen molar-refractivity contribution in [3.8, 4) is 0 Å². The van der Waals surface area contributed by atoms with Crippen molar-refractivity contribution in [1.29, 1.82) is 0 Å². The van der Waals surface area contributed by atoms with E-state index in [4.69, 9.17) is 11.5 Å². The van der Waals surface area contributed by atoms with E-state index < -0.39 is 35.4 Å². The molecular weight excluding hydrogens is 346 g/mol. The van der Waals surface area contributed by atoms with Gasteiger partial charge in [-0.2, -0.15) is 26.3 Å². The summed E-state index contributed by atoms with van der Waals surface area (Å²) in [6.07, 6.45) is -11.3. The second-order valence-electron chi connectivity index (χ2n) is 5.51. The Morgan fingerprint density at radius 3 is 1.84 bits per heavy atom. The third kappa shape index (κ3) is 3.11. The lowest BCUT2D eigenvalue weighted by atomic mass is 9.71. The van der Waals surface area contributed by atoms with Crippen LogP contribution in [0.3, 0.4) is 0 Å². The topological polar surface area (TPSA) is 52.0 Å². The summed E-state index contributed by atoms with van der Waals surface area (Å²) in [5, 5.41) is 0. The van der Waals surface area contributed by atoms with Crippen LogP contribution >= 0.6 is 0 Å². The SMILES string of the molecule is NCc1cccc(C(c2ccccc2CN)(C(F)(F)F)C(F)(F)F)c1. The number of benzene rings is 2. The zero-order valence-corrected chi connectivity index (χ0v) is 13.0. The highest BCUT2D eigenvalue weighted by molar-refractivity contribution is 5.48. The van der Waals surface area contributed by atoms with Gasteiger partial charge >= 0.3 is 12.4 Å². The predicted molar refractivity (Wildman–Crippen MR) is 81.6 cm³/mol. The maximum absolute atomic E-state index is 14.0. The lowest BCUT2D eigenvalue weighted by molar-refractivity contribution is -0.288. The molecule has 0 aliphatic heterocycles. The van der Waals surface area contributed by atoms with Crippen molar-refractivity contribution in [2.75, 3.05) is 0 Å².